The predicted octanol–water partition coefficient (Wildman–Crippen LogP) is 2.69. The average molecular weight is 257 g/mol. The molecule has 0 bridgehead atoms. The molecule has 0 radical (unpaired) electrons. The maximum absolute atomic E-state index is 10.4. The first-order chi connectivity index (χ1) is 7.25. The van der Waals surface area contributed by atoms with Gasteiger partial charge in [-0.25, -0.2) is 18.2 Å². The molecule has 0 N–H and O–H groups in total. The van der Waals surface area contributed by atoms with Crippen LogP contribution in [0.2, 0.25) is 0 Å². The van der Waals surface area contributed by atoms with Crippen molar-refractivity contribution < 1.29 is 21.9 Å². The first-order valence-corrected chi connectivity index (χ1v) is 4.80. The van der Waals surface area contributed by atoms with E-state index in [4.69, 9.17) is 0 Å². The van der Waals surface area contributed by atoms with Crippen molar-refractivity contribution in [1.82, 2.24) is 0 Å². The van der Waals surface area contributed by atoms with Crippen molar-refractivity contribution in [2.75, 3.05) is 19.0 Å². The quantitative estimate of drug-likeness (QED) is 0.468. The Bertz CT molecular complexity index is 359. The van der Waals surface area contributed by atoms with Gasteiger partial charge in [-0.3, -0.25) is 0 Å². The summed E-state index contributed by atoms with van der Waals surface area (Å²) in [4.78, 5) is 12.3. The second-order valence-electron chi connectivity index (χ2n) is 3.34. The third-order valence-electron chi connectivity index (χ3n) is 1.99. The van der Waals surface area contributed by atoms with Gasteiger partial charge in [0.25, 0.3) is 0 Å². The number of hydrogen-bond acceptors (Lipinski definition) is 2. The molecule has 0 aliphatic rings. The van der Waals surface area contributed by atoms with Crippen molar-refractivity contribution in [3.63, 3.8) is 0 Å². The van der Waals surface area contributed by atoms with Crippen molar-refractivity contribution in [3.05, 3.63) is 54.1 Å². The molecule has 0 aliphatic heterocycles. The van der Waals surface area contributed by atoms with Gasteiger partial charge in [-0.1, -0.05) is 11.3 Å². The van der Waals surface area contributed by atoms with E-state index in [2.05, 4.69) is 0 Å². The zero-order chi connectivity index (χ0) is 11.1. The molecule has 0 spiro atoms. The summed E-state index contributed by atoms with van der Waals surface area (Å²) in [5.74, 6) is 0. The van der Waals surface area contributed by atoms with E-state index in [1.54, 1.807) is 0 Å². The van der Waals surface area contributed by atoms with E-state index in [0.29, 0.717) is 0 Å². The van der Waals surface area contributed by atoms with Crippen LogP contribution in [-0.2, 0) is 17.1 Å². The number of anilines is 1. The summed E-state index contributed by atoms with van der Waals surface area (Å²) in [5.41, 5.74) is 1.74. The number of rotatable bonds is 2. The number of carbonyl (C=O) groups excluding carboxylic acids is 1. The molecule has 0 atom stereocenters. The second kappa shape index (κ2) is 7.91. The topological polar surface area (TPSA) is 20.3 Å². The fourth-order valence-electron chi connectivity index (χ4n) is 1.25. The Balaban J connectivity index is 0.000000318. The van der Waals surface area contributed by atoms with Crippen LogP contribution in [0, 0.1) is 0 Å². The SMILES string of the molecule is CN(C)c1ccc[c-]1C=O.[Fe+2].c1cc[cH-]c1. The molecule has 3 heteroatoms. The monoisotopic (exact) mass is 257 g/mol. The third-order valence-corrected chi connectivity index (χ3v) is 1.99. The molecule has 0 saturated heterocycles. The van der Waals surface area contributed by atoms with Gasteiger partial charge in [0.2, 0.25) is 0 Å². The van der Waals surface area contributed by atoms with Gasteiger partial charge in [0.1, 0.15) is 0 Å². The molecule has 0 heterocycles. The molecule has 16 heavy (non-hydrogen) atoms. The second-order valence-corrected chi connectivity index (χ2v) is 3.34. The maximum Gasteiger partial charge on any atom is 2.00 e. The fourth-order valence-corrected chi connectivity index (χ4v) is 1.25. The van der Waals surface area contributed by atoms with Crippen LogP contribution in [0.15, 0.2) is 48.5 Å². The summed E-state index contributed by atoms with van der Waals surface area (Å²) in [6.07, 6.45) is 0.870. The van der Waals surface area contributed by atoms with E-state index in [9.17, 15) is 4.79 Å². The van der Waals surface area contributed by atoms with E-state index >= 15 is 0 Å². The number of nitrogens with zero attached hydrogens (tertiary/aromatic N) is 1. The zero-order valence-corrected chi connectivity index (χ0v) is 10.5. The van der Waals surface area contributed by atoms with Crippen molar-refractivity contribution in [2.24, 2.45) is 0 Å². The number of hydrogen-bond donors (Lipinski definition) is 0. The summed E-state index contributed by atoms with van der Waals surface area (Å²) in [6.45, 7) is 0. The van der Waals surface area contributed by atoms with Gasteiger partial charge in [0.15, 0.2) is 0 Å². The molecule has 2 aromatic rings. The molecule has 2 nitrogen and oxygen atoms in total. The molecule has 86 valence electrons. The van der Waals surface area contributed by atoms with Crippen molar-refractivity contribution in [3.8, 4) is 0 Å². The van der Waals surface area contributed by atoms with E-state index < -0.39 is 0 Å². The van der Waals surface area contributed by atoms with Crippen LogP contribution in [0.3, 0.4) is 0 Å². The van der Waals surface area contributed by atoms with Gasteiger partial charge in [-0.05, 0) is 0 Å². The largest absolute Gasteiger partial charge is 2.00 e. The van der Waals surface area contributed by atoms with Gasteiger partial charge in [0, 0.05) is 14.1 Å². The minimum absolute atomic E-state index is 0. The standard InChI is InChI=1S/C8H10NO.C5H5.Fe/c1-9(2)8-5-3-4-7(8)6-10;1-2-4-5-3-1;/h3-6H,1-2H3;1-5H;/q2*-1;+2. The van der Waals surface area contributed by atoms with E-state index in [1.165, 1.54) is 0 Å². The van der Waals surface area contributed by atoms with Crippen LogP contribution >= 0.6 is 0 Å². The molecule has 0 aromatic heterocycles. The van der Waals surface area contributed by atoms with Gasteiger partial charge in [-0.15, -0.1) is 0 Å². The predicted molar refractivity (Wildman–Crippen MR) is 63.8 cm³/mol. The molecule has 0 unspecified atom stereocenters. The van der Waals surface area contributed by atoms with Crippen LogP contribution in [0.1, 0.15) is 10.4 Å². The average Bonchev–Trinajstić information content (AvgIpc) is 2.92. The van der Waals surface area contributed by atoms with Gasteiger partial charge in [-0.2, -0.15) is 30.3 Å². The zero-order valence-electron chi connectivity index (χ0n) is 9.41. The maximum atomic E-state index is 10.4. The van der Waals surface area contributed by atoms with Crippen molar-refractivity contribution in [1.29, 1.82) is 0 Å². The van der Waals surface area contributed by atoms with Crippen molar-refractivity contribution in [2.45, 2.75) is 0 Å². The molecule has 2 aromatic carbocycles. The fraction of sp³-hybridized carbons (Fsp3) is 0.154. The van der Waals surface area contributed by atoms with E-state index in [1.807, 2.05) is 67.5 Å². The molecule has 0 amide bonds. The van der Waals surface area contributed by atoms with Crippen LogP contribution < -0.4 is 4.90 Å². The molecule has 0 saturated carbocycles. The summed E-state index contributed by atoms with van der Waals surface area (Å²) >= 11 is 0. The first-order valence-electron chi connectivity index (χ1n) is 4.80. The Hall–Kier alpha value is -1.31. The Morgan fingerprint density at radius 3 is 2.19 bits per heavy atom. The normalized spacial score (nSPS) is 8.38. The molecular weight excluding hydrogens is 242 g/mol. The van der Waals surface area contributed by atoms with Crippen LogP contribution in [0.5, 0.6) is 0 Å². The van der Waals surface area contributed by atoms with Crippen LogP contribution in [0.4, 0.5) is 5.69 Å². The summed E-state index contributed by atoms with van der Waals surface area (Å²) < 4.78 is 0. The Morgan fingerprint density at radius 1 is 1.25 bits per heavy atom. The first kappa shape index (κ1) is 14.7. The van der Waals surface area contributed by atoms with Crippen molar-refractivity contribution >= 4 is 12.0 Å². The van der Waals surface area contributed by atoms with E-state index in [0.717, 1.165) is 17.5 Å². The van der Waals surface area contributed by atoms with Crippen LogP contribution in [0.25, 0.3) is 0 Å². The minimum atomic E-state index is 0. The van der Waals surface area contributed by atoms with E-state index in [-0.39, 0.29) is 17.1 Å². The Labute approximate surface area is 107 Å². The summed E-state index contributed by atoms with van der Waals surface area (Å²) in [5, 5.41) is 0. The number of carbonyl (C=O) groups is 1. The molecular formula is C13H15FeNO. The third kappa shape index (κ3) is 4.47. The minimum Gasteiger partial charge on any atom is -0.400 e. The van der Waals surface area contributed by atoms with Gasteiger partial charge < -0.3 is 9.69 Å². The smallest absolute Gasteiger partial charge is 0.400 e. The Kier molecular flexibility index (Phi) is 7.27. The molecule has 0 aliphatic carbocycles. The molecule has 0 fully saturated rings. The summed E-state index contributed by atoms with van der Waals surface area (Å²) in [7, 11) is 3.84. The number of aldehydes is 1. The van der Waals surface area contributed by atoms with Crippen LogP contribution in [-0.4, -0.2) is 20.4 Å². The van der Waals surface area contributed by atoms with Gasteiger partial charge in [0.05, 0.1) is 6.29 Å². The van der Waals surface area contributed by atoms with Gasteiger partial charge >= 0.3 is 17.1 Å². The Morgan fingerprint density at radius 2 is 1.88 bits per heavy atom. The summed E-state index contributed by atoms with van der Waals surface area (Å²) in [6, 6.07) is 15.6. The molecule has 2 rings (SSSR count).